The van der Waals surface area contributed by atoms with Crippen LogP contribution in [0.3, 0.4) is 0 Å². The van der Waals surface area contributed by atoms with Crippen LogP contribution in [0.5, 0.6) is 5.75 Å². The summed E-state index contributed by atoms with van der Waals surface area (Å²) < 4.78 is 5.89. The Morgan fingerprint density at radius 1 is 1.47 bits per heavy atom. The number of ether oxygens (including phenoxy) is 1. The Bertz CT molecular complexity index is 412. The summed E-state index contributed by atoms with van der Waals surface area (Å²) in [6.45, 7) is 0. The number of aliphatic hydroxyl groups excluding tert-OH is 1. The first-order valence-corrected chi connectivity index (χ1v) is 5.10. The molecule has 0 aliphatic heterocycles. The Labute approximate surface area is 100 Å². The van der Waals surface area contributed by atoms with E-state index in [0.717, 1.165) is 3.57 Å². The van der Waals surface area contributed by atoms with Gasteiger partial charge in [0.05, 0.1) is 10.7 Å². The fourth-order valence-corrected chi connectivity index (χ4v) is 1.75. The summed E-state index contributed by atoms with van der Waals surface area (Å²) in [5.41, 5.74) is 0.611. The van der Waals surface area contributed by atoms with E-state index in [1.165, 1.54) is 6.08 Å². The molecule has 80 valence electrons. The van der Waals surface area contributed by atoms with E-state index in [1.807, 2.05) is 0 Å². The molecule has 2 N–H and O–H groups in total. The second kappa shape index (κ2) is 5.01. The van der Waals surface area contributed by atoms with Crippen molar-refractivity contribution in [3.05, 3.63) is 33.1 Å². The van der Waals surface area contributed by atoms with Crippen molar-refractivity contribution in [1.82, 2.24) is 0 Å². The SMILES string of the molecule is COc1ccc(C=C(O)C(=O)O)cc1I. The van der Waals surface area contributed by atoms with Gasteiger partial charge in [0.1, 0.15) is 5.75 Å². The second-order valence-electron chi connectivity index (χ2n) is 2.73. The van der Waals surface area contributed by atoms with Crippen LogP contribution < -0.4 is 4.74 Å². The number of aliphatic carboxylic acids is 1. The Kier molecular flexibility index (Phi) is 3.96. The molecule has 0 bridgehead atoms. The van der Waals surface area contributed by atoms with Gasteiger partial charge in [0.2, 0.25) is 5.76 Å². The average molecular weight is 320 g/mol. The van der Waals surface area contributed by atoms with Crippen LogP contribution in [0.15, 0.2) is 24.0 Å². The molecule has 4 nitrogen and oxygen atoms in total. The molecule has 0 spiro atoms. The standard InChI is InChI=1S/C10H9IO4/c1-15-9-3-2-6(4-7(9)11)5-8(12)10(13)14/h2-5,12H,1H3,(H,13,14). The zero-order valence-corrected chi connectivity index (χ0v) is 10.1. The van der Waals surface area contributed by atoms with E-state index in [4.69, 9.17) is 14.9 Å². The number of aliphatic hydroxyl groups is 1. The van der Waals surface area contributed by atoms with Crippen molar-refractivity contribution in [3.8, 4) is 5.75 Å². The fourth-order valence-electron chi connectivity index (χ4n) is 0.992. The Hall–Kier alpha value is -1.24. The predicted octanol–water partition coefficient (Wildman–Crippen LogP) is 2.28. The van der Waals surface area contributed by atoms with Gasteiger partial charge in [-0.2, -0.15) is 0 Å². The summed E-state index contributed by atoms with van der Waals surface area (Å²) in [6, 6.07) is 5.10. The molecule has 0 fully saturated rings. The average Bonchev–Trinajstić information content (AvgIpc) is 2.18. The van der Waals surface area contributed by atoms with Gasteiger partial charge in [-0.05, 0) is 46.4 Å². The molecule has 0 aliphatic rings. The second-order valence-corrected chi connectivity index (χ2v) is 3.89. The van der Waals surface area contributed by atoms with E-state index >= 15 is 0 Å². The molecule has 15 heavy (non-hydrogen) atoms. The van der Waals surface area contributed by atoms with Crippen molar-refractivity contribution in [2.45, 2.75) is 0 Å². The third-order valence-corrected chi connectivity index (χ3v) is 2.54. The number of carbonyl (C=O) groups is 1. The highest BCUT2D eigenvalue weighted by Gasteiger charge is 2.05. The maximum atomic E-state index is 10.4. The number of methoxy groups -OCH3 is 1. The number of carboxylic acid groups (broad SMARTS) is 1. The van der Waals surface area contributed by atoms with Gasteiger partial charge < -0.3 is 14.9 Å². The van der Waals surface area contributed by atoms with Crippen LogP contribution in [0.4, 0.5) is 0 Å². The summed E-state index contributed by atoms with van der Waals surface area (Å²) in [7, 11) is 1.56. The first kappa shape index (κ1) is 11.8. The molecule has 5 heteroatoms. The lowest BCUT2D eigenvalue weighted by Gasteiger charge is -2.03. The molecule has 0 atom stereocenters. The maximum Gasteiger partial charge on any atom is 0.370 e. The monoisotopic (exact) mass is 320 g/mol. The van der Waals surface area contributed by atoms with Crippen molar-refractivity contribution in [2.24, 2.45) is 0 Å². The van der Waals surface area contributed by atoms with E-state index < -0.39 is 11.7 Å². The molecule has 1 rings (SSSR count). The summed E-state index contributed by atoms with van der Waals surface area (Å²) in [4.78, 5) is 10.4. The van der Waals surface area contributed by atoms with Crippen molar-refractivity contribution in [2.75, 3.05) is 7.11 Å². The minimum Gasteiger partial charge on any atom is -0.502 e. The number of benzene rings is 1. The zero-order chi connectivity index (χ0) is 11.4. The minimum absolute atomic E-state index is 0.611. The molecule has 0 aromatic heterocycles. The summed E-state index contributed by atoms with van der Waals surface area (Å²) in [6.07, 6.45) is 1.18. The third-order valence-electron chi connectivity index (χ3n) is 1.70. The van der Waals surface area contributed by atoms with Gasteiger partial charge in [0.25, 0.3) is 0 Å². The van der Waals surface area contributed by atoms with Gasteiger partial charge in [-0.1, -0.05) is 6.07 Å². The molecular formula is C10H9IO4. The van der Waals surface area contributed by atoms with Crippen LogP contribution in [0.25, 0.3) is 6.08 Å². The normalized spacial score (nSPS) is 11.2. The fraction of sp³-hybridized carbons (Fsp3) is 0.100. The van der Waals surface area contributed by atoms with E-state index in [0.29, 0.717) is 11.3 Å². The molecule has 0 aliphatic carbocycles. The highest BCUT2D eigenvalue weighted by atomic mass is 127. The van der Waals surface area contributed by atoms with Gasteiger partial charge in [0, 0.05) is 0 Å². The van der Waals surface area contributed by atoms with Gasteiger partial charge in [-0.25, -0.2) is 4.79 Å². The lowest BCUT2D eigenvalue weighted by molar-refractivity contribution is -0.135. The van der Waals surface area contributed by atoms with Gasteiger partial charge in [-0.3, -0.25) is 0 Å². The van der Waals surface area contributed by atoms with E-state index in [2.05, 4.69) is 22.6 Å². The van der Waals surface area contributed by atoms with Crippen molar-refractivity contribution in [1.29, 1.82) is 0 Å². The quantitative estimate of drug-likeness (QED) is 0.509. The third kappa shape index (κ3) is 3.12. The number of halogens is 1. The number of carboxylic acids is 1. The zero-order valence-electron chi connectivity index (χ0n) is 7.90. The van der Waals surface area contributed by atoms with Crippen LogP contribution in [0.2, 0.25) is 0 Å². The lowest BCUT2D eigenvalue weighted by atomic mass is 10.2. The van der Waals surface area contributed by atoms with Crippen molar-refractivity contribution < 1.29 is 19.7 Å². The van der Waals surface area contributed by atoms with E-state index in [9.17, 15) is 4.79 Å². The van der Waals surface area contributed by atoms with Crippen LogP contribution >= 0.6 is 22.6 Å². The summed E-state index contributed by atoms with van der Waals surface area (Å²) >= 11 is 2.07. The van der Waals surface area contributed by atoms with Crippen LogP contribution in [0, 0.1) is 3.57 Å². The molecule has 0 saturated carbocycles. The highest BCUT2D eigenvalue weighted by Crippen LogP contribution is 2.22. The van der Waals surface area contributed by atoms with Crippen LogP contribution in [-0.4, -0.2) is 23.3 Å². The Morgan fingerprint density at radius 2 is 2.13 bits per heavy atom. The smallest absolute Gasteiger partial charge is 0.370 e. The molecular weight excluding hydrogens is 311 g/mol. The number of hydrogen-bond acceptors (Lipinski definition) is 3. The van der Waals surface area contributed by atoms with Crippen molar-refractivity contribution >= 4 is 34.6 Å². The molecule has 1 aromatic carbocycles. The van der Waals surface area contributed by atoms with Gasteiger partial charge in [0.15, 0.2) is 0 Å². The van der Waals surface area contributed by atoms with E-state index in [1.54, 1.807) is 25.3 Å². The first-order valence-electron chi connectivity index (χ1n) is 4.02. The summed E-state index contributed by atoms with van der Waals surface area (Å²) in [5.74, 6) is -1.32. The Balaban J connectivity index is 3.03. The number of rotatable bonds is 3. The molecule has 0 unspecified atom stereocenters. The predicted molar refractivity (Wildman–Crippen MR) is 64.0 cm³/mol. The van der Waals surface area contributed by atoms with Crippen LogP contribution in [-0.2, 0) is 4.79 Å². The molecule has 0 heterocycles. The summed E-state index contributed by atoms with van der Waals surface area (Å²) in [5, 5.41) is 17.5. The highest BCUT2D eigenvalue weighted by molar-refractivity contribution is 14.1. The molecule has 0 amide bonds. The molecule has 0 saturated heterocycles. The van der Waals surface area contributed by atoms with Crippen molar-refractivity contribution in [3.63, 3.8) is 0 Å². The number of hydrogen-bond donors (Lipinski definition) is 2. The maximum absolute atomic E-state index is 10.4. The molecule has 0 radical (unpaired) electrons. The largest absolute Gasteiger partial charge is 0.502 e. The van der Waals surface area contributed by atoms with Crippen LogP contribution in [0.1, 0.15) is 5.56 Å². The topological polar surface area (TPSA) is 66.8 Å². The molecule has 1 aromatic rings. The van der Waals surface area contributed by atoms with Gasteiger partial charge >= 0.3 is 5.97 Å². The Morgan fingerprint density at radius 3 is 2.60 bits per heavy atom. The van der Waals surface area contributed by atoms with E-state index in [-0.39, 0.29) is 0 Å². The lowest BCUT2D eigenvalue weighted by Crippen LogP contribution is -1.98. The minimum atomic E-state index is -1.35. The van der Waals surface area contributed by atoms with Gasteiger partial charge in [-0.15, -0.1) is 0 Å². The first-order chi connectivity index (χ1) is 7.04.